The van der Waals surface area contributed by atoms with Crippen LogP contribution in [0, 0.1) is 5.41 Å². The van der Waals surface area contributed by atoms with E-state index in [-0.39, 0.29) is 30.2 Å². The molecular formula is C22H34N6O5S. The maximum absolute atomic E-state index is 12.9. The fourth-order valence-corrected chi connectivity index (χ4v) is 5.80. The van der Waals surface area contributed by atoms with Crippen molar-refractivity contribution in [1.82, 2.24) is 19.8 Å². The highest BCUT2D eigenvalue weighted by Crippen LogP contribution is 2.19. The van der Waals surface area contributed by atoms with Crippen molar-refractivity contribution in [3.8, 4) is 0 Å². The zero-order valence-corrected chi connectivity index (χ0v) is 20.2. The average molecular weight is 495 g/mol. The van der Waals surface area contributed by atoms with E-state index < -0.39 is 28.2 Å². The van der Waals surface area contributed by atoms with Gasteiger partial charge in [0.1, 0.15) is 6.04 Å². The molecule has 0 aliphatic carbocycles. The molecule has 0 bridgehead atoms. The highest BCUT2D eigenvalue weighted by Gasteiger charge is 2.36. The van der Waals surface area contributed by atoms with E-state index in [9.17, 15) is 18.0 Å². The Bertz CT molecular complexity index is 973. The zero-order chi connectivity index (χ0) is 24.7. The number of ether oxygens (including phenoxy) is 1. The molecule has 1 aromatic rings. The Morgan fingerprint density at radius 1 is 1.21 bits per heavy atom. The first-order valence-corrected chi connectivity index (χ1v) is 13.2. The van der Waals surface area contributed by atoms with E-state index in [0.29, 0.717) is 44.5 Å². The molecule has 2 saturated heterocycles. The molecule has 1 aromatic carbocycles. The van der Waals surface area contributed by atoms with Gasteiger partial charge >= 0.3 is 0 Å². The molecular weight excluding hydrogens is 460 g/mol. The first-order valence-electron chi connectivity index (χ1n) is 11.5. The van der Waals surface area contributed by atoms with Crippen molar-refractivity contribution in [3.63, 3.8) is 0 Å². The summed E-state index contributed by atoms with van der Waals surface area (Å²) in [7, 11) is -3.72. The van der Waals surface area contributed by atoms with Crippen molar-refractivity contribution in [1.29, 1.82) is 5.41 Å². The van der Waals surface area contributed by atoms with E-state index in [4.69, 9.17) is 15.9 Å². The Morgan fingerprint density at radius 2 is 1.91 bits per heavy atom. The molecule has 1 unspecified atom stereocenters. The largest absolute Gasteiger partial charge is 0.370 e. The predicted octanol–water partition coefficient (Wildman–Crippen LogP) is -0.0663. The van der Waals surface area contributed by atoms with E-state index in [1.54, 1.807) is 35.2 Å². The minimum Gasteiger partial charge on any atom is -0.370 e. The fourth-order valence-electron chi connectivity index (χ4n) is 4.43. The van der Waals surface area contributed by atoms with Crippen LogP contribution >= 0.6 is 0 Å². The quantitative estimate of drug-likeness (QED) is 0.276. The van der Waals surface area contributed by atoms with Gasteiger partial charge in [0, 0.05) is 19.7 Å². The van der Waals surface area contributed by atoms with Crippen LogP contribution in [0.15, 0.2) is 30.3 Å². The normalized spacial score (nSPS) is 23.6. The number of benzene rings is 1. The lowest BCUT2D eigenvalue weighted by molar-refractivity contribution is -0.140. The van der Waals surface area contributed by atoms with Gasteiger partial charge in [0.15, 0.2) is 12.2 Å². The number of hydrogen-bond donors (Lipinski definition) is 4. The molecule has 2 aliphatic rings. The van der Waals surface area contributed by atoms with Gasteiger partial charge < -0.3 is 25.6 Å². The number of nitrogens with two attached hydrogens (primary N) is 1. The lowest BCUT2D eigenvalue weighted by Crippen LogP contribution is -2.61. The zero-order valence-electron chi connectivity index (χ0n) is 19.4. The summed E-state index contributed by atoms with van der Waals surface area (Å²) in [4.78, 5) is 28.7. The molecule has 2 fully saturated rings. The van der Waals surface area contributed by atoms with Crippen LogP contribution < -0.4 is 15.8 Å². The molecule has 11 nitrogen and oxygen atoms in total. The van der Waals surface area contributed by atoms with Crippen LogP contribution in [0.2, 0.25) is 0 Å². The van der Waals surface area contributed by atoms with Crippen molar-refractivity contribution in [2.75, 3.05) is 26.2 Å². The standard InChI is InChI=1S/C22H34N6O5S/c1-2-33-21-18(11-7-13-28(21)22(23)24)25-19(29)14-27-12-6-10-17(20(27)30)26-34(31,32)15-16-8-4-3-5-9-16/h3-5,8-9,17-18,21,26H,2,6-7,10-15H2,1H3,(H3,23,24)(H,25,29)/t17-,18+,21?/m1/s1. The molecule has 12 heteroatoms. The van der Waals surface area contributed by atoms with Gasteiger partial charge in [0.2, 0.25) is 21.8 Å². The third-order valence-corrected chi connectivity index (χ3v) is 7.30. The van der Waals surface area contributed by atoms with Crippen LogP contribution in [0.3, 0.4) is 0 Å². The van der Waals surface area contributed by atoms with Crippen LogP contribution in [0.4, 0.5) is 0 Å². The average Bonchev–Trinajstić information content (AvgIpc) is 2.78. The topological polar surface area (TPSA) is 158 Å². The molecule has 34 heavy (non-hydrogen) atoms. The lowest BCUT2D eigenvalue weighted by atomic mass is 10.0. The van der Waals surface area contributed by atoms with E-state index in [0.717, 1.165) is 6.42 Å². The van der Waals surface area contributed by atoms with Gasteiger partial charge in [-0.2, -0.15) is 0 Å². The van der Waals surface area contributed by atoms with Crippen molar-refractivity contribution in [2.45, 2.75) is 56.7 Å². The van der Waals surface area contributed by atoms with Gasteiger partial charge in [-0.3, -0.25) is 15.0 Å². The summed E-state index contributed by atoms with van der Waals surface area (Å²) in [5.74, 6) is -1.10. The molecule has 0 saturated carbocycles. The Labute approximate surface area is 200 Å². The number of rotatable bonds is 9. The summed E-state index contributed by atoms with van der Waals surface area (Å²) in [6.07, 6.45) is 1.82. The monoisotopic (exact) mass is 494 g/mol. The number of carbonyl (C=O) groups excluding carboxylic acids is 2. The van der Waals surface area contributed by atoms with E-state index in [2.05, 4.69) is 10.0 Å². The summed E-state index contributed by atoms with van der Waals surface area (Å²) in [5.41, 5.74) is 6.30. The molecule has 5 N–H and O–H groups in total. The summed E-state index contributed by atoms with van der Waals surface area (Å²) in [6, 6.07) is 7.49. The van der Waals surface area contributed by atoms with Crippen molar-refractivity contribution < 1.29 is 22.7 Å². The molecule has 2 aliphatic heterocycles. The van der Waals surface area contributed by atoms with Crippen LogP contribution in [-0.2, 0) is 30.1 Å². The number of carbonyl (C=O) groups is 2. The maximum atomic E-state index is 12.9. The smallest absolute Gasteiger partial charge is 0.241 e. The van der Waals surface area contributed by atoms with Crippen molar-refractivity contribution >= 4 is 27.8 Å². The van der Waals surface area contributed by atoms with Gasteiger partial charge in [-0.15, -0.1) is 0 Å². The number of nitrogens with one attached hydrogen (secondary N) is 3. The molecule has 188 valence electrons. The second kappa shape index (κ2) is 11.6. The number of sulfonamides is 1. The van der Waals surface area contributed by atoms with Crippen LogP contribution in [0.1, 0.15) is 38.2 Å². The predicted molar refractivity (Wildman–Crippen MR) is 127 cm³/mol. The highest BCUT2D eigenvalue weighted by atomic mass is 32.2. The Hall–Kier alpha value is -2.70. The number of piperidine rings is 2. The van der Waals surface area contributed by atoms with Gasteiger partial charge in [0.25, 0.3) is 0 Å². The first-order chi connectivity index (χ1) is 16.2. The SMILES string of the molecule is CCOC1[C@@H](NC(=O)CN2CCC[C@@H](NS(=O)(=O)Cc3ccccc3)C2=O)CCCN1C(=N)N. The van der Waals surface area contributed by atoms with E-state index in [1.807, 2.05) is 6.92 Å². The lowest BCUT2D eigenvalue weighted by Gasteiger charge is -2.41. The van der Waals surface area contributed by atoms with E-state index in [1.165, 1.54) is 4.90 Å². The van der Waals surface area contributed by atoms with Gasteiger partial charge in [-0.05, 0) is 38.2 Å². The van der Waals surface area contributed by atoms with Crippen LogP contribution in [0.25, 0.3) is 0 Å². The summed E-state index contributed by atoms with van der Waals surface area (Å²) < 4.78 is 33.4. The van der Waals surface area contributed by atoms with Crippen LogP contribution in [0.5, 0.6) is 0 Å². The molecule has 0 spiro atoms. The summed E-state index contributed by atoms with van der Waals surface area (Å²) >= 11 is 0. The number of hydrogen-bond acceptors (Lipinski definition) is 6. The molecule has 0 aromatic heterocycles. The third-order valence-electron chi connectivity index (χ3n) is 5.95. The first kappa shape index (κ1) is 25.9. The van der Waals surface area contributed by atoms with Crippen molar-refractivity contribution in [3.05, 3.63) is 35.9 Å². The molecule has 2 amide bonds. The van der Waals surface area contributed by atoms with Gasteiger partial charge in [-0.25, -0.2) is 13.1 Å². The second-order valence-electron chi connectivity index (χ2n) is 8.56. The Kier molecular flexibility index (Phi) is 8.86. The van der Waals surface area contributed by atoms with Crippen molar-refractivity contribution in [2.24, 2.45) is 5.73 Å². The van der Waals surface area contributed by atoms with Gasteiger partial charge in [-0.1, -0.05) is 30.3 Å². The van der Waals surface area contributed by atoms with E-state index >= 15 is 0 Å². The Morgan fingerprint density at radius 3 is 2.59 bits per heavy atom. The molecule has 3 rings (SSSR count). The van der Waals surface area contributed by atoms with Gasteiger partial charge in [0.05, 0.1) is 18.3 Å². The van der Waals surface area contributed by atoms with Crippen LogP contribution in [-0.4, -0.2) is 80.5 Å². The number of likely N-dealkylation sites (tertiary alicyclic amines) is 2. The minimum absolute atomic E-state index is 0.116. The summed E-state index contributed by atoms with van der Waals surface area (Å²) in [5, 5.41) is 10.7. The Balaban J connectivity index is 1.58. The number of nitrogens with zero attached hydrogens (tertiary/aromatic N) is 2. The fraction of sp³-hybridized carbons (Fsp3) is 0.591. The highest BCUT2D eigenvalue weighted by molar-refractivity contribution is 7.88. The number of amides is 2. The minimum atomic E-state index is -3.72. The molecule has 2 heterocycles. The number of guanidine groups is 1. The molecule has 0 radical (unpaired) electrons. The summed E-state index contributed by atoms with van der Waals surface area (Å²) in [6.45, 7) is 3.00. The maximum Gasteiger partial charge on any atom is 0.241 e. The molecule has 3 atom stereocenters. The second-order valence-corrected chi connectivity index (χ2v) is 10.3. The third kappa shape index (κ3) is 6.90.